The molecule has 0 saturated carbocycles. The molecular formula is C31H41N3O2. The smallest absolute Gasteiger partial charge is 0.243 e. The molecule has 2 aromatic rings. The second-order valence-electron chi connectivity index (χ2n) is 10.5. The molecule has 1 aliphatic rings. The Morgan fingerprint density at radius 1 is 1.06 bits per heavy atom. The van der Waals surface area contributed by atoms with E-state index in [0.29, 0.717) is 13.0 Å². The number of benzene rings is 2. The van der Waals surface area contributed by atoms with Crippen LogP contribution in [0.3, 0.4) is 0 Å². The van der Waals surface area contributed by atoms with E-state index in [4.69, 9.17) is 0 Å². The number of hydrogen-bond donors (Lipinski definition) is 1. The van der Waals surface area contributed by atoms with Crippen molar-refractivity contribution in [3.63, 3.8) is 0 Å². The lowest BCUT2D eigenvalue weighted by Crippen LogP contribution is -2.48. The largest absolute Gasteiger partial charge is 0.352 e. The van der Waals surface area contributed by atoms with Crippen molar-refractivity contribution in [2.45, 2.75) is 89.6 Å². The van der Waals surface area contributed by atoms with Crippen LogP contribution < -0.4 is 5.32 Å². The predicted octanol–water partition coefficient (Wildman–Crippen LogP) is 5.79. The number of carbonyl (C=O) groups excluding carboxylic acids is 2. The van der Waals surface area contributed by atoms with Crippen LogP contribution in [0.1, 0.15) is 76.8 Å². The highest BCUT2D eigenvalue weighted by Crippen LogP contribution is 2.37. The third-order valence-electron chi connectivity index (χ3n) is 7.66. The Hall–Kier alpha value is -3.13. The summed E-state index contributed by atoms with van der Waals surface area (Å²) in [6.45, 7) is 6.86. The minimum atomic E-state index is -0.545. The molecule has 0 radical (unpaired) electrons. The molecule has 2 aromatic carbocycles. The van der Waals surface area contributed by atoms with Crippen molar-refractivity contribution in [1.82, 2.24) is 10.2 Å². The number of nitriles is 1. The molecule has 192 valence electrons. The summed E-state index contributed by atoms with van der Waals surface area (Å²) in [5.74, 6) is 0.196. The fourth-order valence-electron chi connectivity index (χ4n) is 5.35. The fraction of sp³-hybridized carbons (Fsp3) is 0.516. The number of carbonyl (C=O) groups is 2. The zero-order chi connectivity index (χ0) is 26.0. The molecular weight excluding hydrogens is 446 g/mol. The molecule has 0 bridgehead atoms. The SMILES string of the molecule is CC(CCc1ccccc1)NC(=O)[C@H]1CCCN1C(=O)CCCCC(C#N)(c1ccccc1)C(C)C. The van der Waals surface area contributed by atoms with Crippen molar-refractivity contribution < 1.29 is 9.59 Å². The van der Waals surface area contributed by atoms with Crippen LogP contribution in [0.5, 0.6) is 0 Å². The summed E-state index contributed by atoms with van der Waals surface area (Å²) in [6, 6.07) is 22.6. The van der Waals surface area contributed by atoms with E-state index in [1.165, 1.54) is 5.56 Å². The van der Waals surface area contributed by atoms with Gasteiger partial charge >= 0.3 is 0 Å². The molecule has 1 aliphatic heterocycles. The van der Waals surface area contributed by atoms with Gasteiger partial charge in [-0.25, -0.2) is 0 Å². The van der Waals surface area contributed by atoms with Crippen LogP contribution in [-0.4, -0.2) is 35.3 Å². The second-order valence-corrected chi connectivity index (χ2v) is 10.5. The van der Waals surface area contributed by atoms with Crippen molar-refractivity contribution in [2.24, 2.45) is 5.92 Å². The topological polar surface area (TPSA) is 73.2 Å². The average Bonchev–Trinajstić information content (AvgIpc) is 3.39. The molecule has 2 unspecified atom stereocenters. The molecule has 1 fully saturated rings. The standard InChI is InChI=1S/C31H41N3O2/c1-24(2)31(23-32,27-15-8-5-9-16-27)21-11-10-18-29(35)34-22-12-17-28(34)30(36)33-25(3)19-20-26-13-6-4-7-14-26/h4-9,13-16,24-25,28H,10-12,17-22H2,1-3H3,(H,33,36)/t25?,28-,31?/m1/s1. The van der Waals surface area contributed by atoms with Crippen molar-refractivity contribution >= 4 is 11.8 Å². The van der Waals surface area contributed by atoms with Crippen LogP contribution in [-0.2, 0) is 21.4 Å². The van der Waals surface area contributed by atoms with Gasteiger partial charge in [-0.3, -0.25) is 9.59 Å². The van der Waals surface area contributed by atoms with Crippen LogP contribution >= 0.6 is 0 Å². The molecule has 5 heteroatoms. The van der Waals surface area contributed by atoms with Crippen molar-refractivity contribution in [1.29, 1.82) is 5.26 Å². The molecule has 0 aliphatic carbocycles. The van der Waals surface area contributed by atoms with E-state index < -0.39 is 5.41 Å². The normalized spacial score (nSPS) is 17.9. The maximum Gasteiger partial charge on any atom is 0.243 e. The molecule has 1 heterocycles. The Bertz CT molecular complexity index is 1020. The van der Waals surface area contributed by atoms with Crippen molar-refractivity contribution in [3.8, 4) is 6.07 Å². The lowest BCUT2D eigenvalue weighted by atomic mass is 9.69. The first-order valence-electron chi connectivity index (χ1n) is 13.5. The van der Waals surface area contributed by atoms with E-state index in [-0.39, 0.29) is 29.8 Å². The molecule has 1 saturated heterocycles. The van der Waals surface area contributed by atoms with Gasteiger partial charge in [-0.15, -0.1) is 0 Å². The summed E-state index contributed by atoms with van der Waals surface area (Å²) in [6.07, 6.45) is 6.03. The number of aryl methyl sites for hydroxylation is 1. The van der Waals surface area contributed by atoms with E-state index in [1.807, 2.05) is 55.5 Å². The number of rotatable bonds is 12. The highest BCUT2D eigenvalue weighted by Gasteiger charge is 2.36. The minimum absolute atomic E-state index is 0.0335. The van der Waals surface area contributed by atoms with Crippen LogP contribution in [0.4, 0.5) is 0 Å². The van der Waals surface area contributed by atoms with E-state index in [0.717, 1.165) is 50.5 Å². The molecule has 1 N–H and O–H groups in total. The number of hydrogen-bond acceptors (Lipinski definition) is 3. The van der Waals surface area contributed by atoms with Crippen molar-refractivity contribution in [3.05, 3.63) is 71.8 Å². The minimum Gasteiger partial charge on any atom is -0.352 e. The monoisotopic (exact) mass is 487 g/mol. The number of unbranched alkanes of at least 4 members (excludes halogenated alkanes) is 1. The number of nitrogens with one attached hydrogen (secondary N) is 1. The van der Waals surface area contributed by atoms with Crippen molar-refractivity contribution in [2.75, 3.05) is 6.54 Å². The zero-order valence-corrected chi connectivity index (χ0v) is 22.1. The van der Waals surface area contributed by atoms with Gasteiger partial charge in [-0.1, -0.05) is 80.9 Å². The maximum atomic E-state index is 13.0. The van der Waals surface area contributed by atoms with Gasteiger partial charge in [0, 0.05) is 19.0 Å². The first-order valence-corrected chi connectivity index (χ1v) is 13.5. The van der Waals surface area contributed by atoms with Gasteiger partial charge in [0.2, 0.25) is 11.8 Å². The van der Waals surface area contributed by atoms with E-state index >= 15 is 0 Å². The summed E-state index contributed by atoms with van der Waals surface area (Å²) in [5, 5.41) is 13.2. The summed E-state index contributed by atoms with van der Waals surface area (Å²) in [7, 11) is 0. The van der Waals surface area contributed by atoms with Gasteiger partial charge in [0.1, 0.15) is 6.04 Å². The Morgan fingerprint density at radius 3 is 2.36 bits per heavy atom. The summed E-state index contributed by atoms with van der Waals surface area (Å²) < 4.78 is 0. The van der Waals surface area contributed by atoms with Gasteiger partial charge < -0.3 is 10.2 Å². The zero-order valence-electron chi connectivity index (χ0n) is 22.1. The number of nitrogens with zero attached hydrogens (tertiary/aromatic N) is 2. The summed E-state index contributed by atoms with van der Waals surface area (Å²) in [5.41, 5.74) is 1.77. The molecule has 3 atom stereocenters. The highest BCUT2D eigenvalue weighted by molar-refractivity contribution is 5.88. The highest BCUT2D eigenvalue weighted by atomic mass is 16.2. The molecule has 5 nitrogen and oxygen atoms in total. The average molecular weight is 488 g/mol. The van der Waals surface area contributed by atoms with Crippen LogP contribution in [0.2, 0.25) is 0 Å². The maximum absolute atomic E-state index is 13.0. The Labute approximate surface area is 216 Å². The Morgan fingerprint density at radius 2 is 1.72 bits per heavy atom. The molecule has 0 aromatic heterocycles. The predicted molar refractivity (Wildman–Crippen MR) is 144 cm³/mol. The summed E-state index contributed by atoms with van der Waals surface area (Å²) in [4.78, 5) is 27.8. The third kappa shape index (κ3) is 6.97. The lowest BCUT2D eigenvalue weighted by molar-refractivity contribution is -0.138. The molecule has 0 spiro atoms. The van der Waals surface area contributed by atoms with E-state index in [1.54, 1.807) is 4.90 Å². The van der Waals surface area contributed by atoms with E-state index in [2.05, 4.69) is 37.4 Å². The number of likely N-dealkylation sites (tertiary alicyclic amines) is 1. The first-order chi connectivity index (χ1) is 17.4. The van der Waals surface area contributed by atoms with Crippen LogP contribution in [0, 0.1) is 17.2 Å². The fourth-order valence-corrected chi connectivity index (χ4v) is 5.35. The van der Waals surface area contributed by atoms with Gasteiger partial charge in [0.25, 0.3) is 0 Å². The summed E-state index contributed by atoms with van der Waals surface area (Å²) >= 11 is 0. The molecule has 36 heavy (non-hydrogen) atoms. The molecule has 2 amide bonds. The lowest BCUT2D eigenvalue weighted by Gasteiger charge is -2.31. The Balaban J connectivity index is 1.48. The quantitative estimate of drug-likeness (QED) is 0.385. The number of amides is 2. The first kappa shape index (κ1) is 27.5. The van der Waals surface area contributed by atoms with Gasteiger partial charge in [0.05, 0.1) is 11.5 Å². The van der Waals surface area contributed by atoms with Gasteiger partial charge in [-0.05, 0) is 62.5 Å². The van der Waals surface area contributed by atoms with Crippen LogP contribution in [0.15, 0.2) is 60.7 Å². The second kappa shape index (κ2) is 13.3. The van der Waals surface area contributed by atoms with Gasteiger partial charge in [-0.2, -0.15) is 5.26 Å². The van der Waals surface area contributed by atoms with E-state index in [9.17, 15) is 14.9 Å². The molecule has 3 rings (SSSR count). The van der Waals surface area contributed by atoms with Crippen LogP contribution in [0.25, 0.3) is 0 Å². The van der Waals surface area contributed by atoms with Gasteiger partial charge in [0.15, 0.2) is 0 Å². The Kier molecular flexibility index (Phi) is 10.1. The third-order valence-corrected chi connectivity index (χ3v) is 7.66.